The second-order valence-corrected chi connectivity index (χ2v) is 8.03. The zero-order chi connectivity index (χ0) is 22.5. The molecule has 1 unspecified atom stereocenters. The lowest BCUT2D eigenvalue weighted by Crippen LogP contribution is -2.37. The summed E-state index contributed by atoms with van der Waals surface area (Å²) in [5, 5.41) is 9.50. The number of amides is 3. The maximum Gasteiger partial charge on any atom is 0.314 e. The van der Waals surface area contributed by atoms with Gasteiger partial charge in [-0.15, -0.1) is 0 Å². The number of aliphatic imine (C=N–C) groups is 2. The van der Waals surface area contributed by atoms with E-state index >= 15 is 0 Å². The molecule has 1 aliphatic carbocycles. The molecule has 4 rings (SSSR count). The lowest BCUT2D eigenvalue weighted by Gasteiger charge is -2.24. The highest BCUT2D eigenvalue weighted by Gasteiger charge is 2.32. The lowest BCUT2D eigenvalue weighted by molar-refractivity contribution is -0.136. The molecule has 9 heteroatoms. The van der Waals surface area contributed by atoms with Crippen LogP contribution in [0.5, 0.6) is 0 Å². The highest BCUT2D eigenvalue weighted by atomic mass is 16.2. The molecule has 1 aromatic heterocycles. The van der Waals surface area contributed by atoms with Gasteiger partial charge in [0.2, 0.25) is 0 Å². The smallest absolute Gasteiger partial charge is 0.314 e. The fourth-order valence-corrected chi connectivity index (χ4v) is 3.95. The molecule has 2 aromatic rings. The fraction of sp³-hybridized carbons (Fsp3) is 0.391. The van der Waals surface area contributed by atoms with E-state index in [1.54, 1.807) is 13.0 Å². The third kappa shape index (κ3) is 4.99. The predicted molar refractivity (Wildman–Crippen MR) is 121 cm³/mol. The van der Waals surface area contributed by atoms with E-state index in [1.165, 1.54) is 10.2 Å². The largest absolute Gasteiger partial charge is 0.348 e. The number of fused-ring (bicyclic) bond motifs is 1. The summed E-state index contributed by atoms with van der Waals surface area (Å²) in [5.41, 5.74) is 2.59. The molecule has 32 heavy (non-hydrogen) atoms. The summed E-state index contributed by atoms with van der Waals surface area (Å²) in [7, 11) is 0. The molecule has 0 bridgehead atoms. The average molecular weight is 435 g/mol. The van der Waals surface area contributed by atoms with E-state index in [-0.39, 0.29) is 23.6 Å². The highest BCUT2D eigenvalue weighted by molar-refractivity contribution is 6.39. The van der Waals surface area contributed by atoms with Gasteiger partial charge in [-0.3, -0.25) is 14.4 Å². The number of carbonyl (C=O) groups is 3. The molecule has 1 aromatic carbocycles. The van der Waals surface area contributed by atoms with E-state index in [0.717, 1.165) is 44.2 Å². The van der Waals surface area contributed by atoms with E-state index in [2.05, 4.69) is 25.7 Å². The Morgan fingerprint density at radius 2 is 1.94 bits per heavy atom. The molecule has 0 spiro atoms. The van der Waals surface area contributed by atoms with Gasteiger partial charge in [0.15, 0.2) is 0 Å². The van der Waals surface area contributed by atoms with Crippen molar-refractivity contribution >= 4 is 35.2 Å². The zero-order valence-electron chi connectivity index (χ0n) is 18.0. The normalized spacial score (nSPS) is 17.8. The Kier molecular flexibility index (Phi) is 6.53. The maximum absolute atomic E-state index is 12.4. The molecular weight excluding hydrogens is 408 g/mol. The number of benzene rings is 1. The van der Waals surface area contributed by atoms with Crippen LogP contribution >= 0.6 is 0 Å². The third-order valence-electron chi connectivity index (χ3n) is 5.57. The van der Waals surface area contributed by atoms with Crippen molar-refractivity contribution in [3.8, 4) is 0 Å². The second-order valence-electron chi connectivity index (χ2n) is 8.03. The molecule has 0 radical (unpaired) electrons. The van der Waals surface area contributed by atoms with Crippen LogP contribution in [0.2, 0.25) is 0 Å². The van der Waals surface area contributed by atoms with Crippen molar-refractivity contribution < 1.29 is 14.4 Å². The van der Waals surface area contributed by atoms with Gasteiger partial charge in [-0.05, 0) is 44.6 Å². The molecule has 1 saturated carbocycles. The maximum atomic E-state index is 12.4. The molecule has 2 N–H and O–H groups in total. The van der Waals surface area contributed by atoms with Crippen LogP contribution < -0.4 is 10.6 Å². The van der Waals surface area contributed by atoms with Crippen molar-refractivity contribution in [2.45, 2.75) is 45.4 Å². The van der Waals surface area contributed by atoms with Crippen LogP contribution in [0.15, 0.2) is 46.4 Å². The summed E-state index contributed by atoms with van der Waals surface area (Å²) in [6, 6.07) is 11.5. The number of hydrogen-bond donors (Lipinski definition) is 2. The molecule has 1 atom stereocenters. The van der Waals surface area contributed by atoms with E-state index in [4.69, 9.17) is 0 Å². The summed E-state index contributed by atoms with van der Waals surface area (Å²) >= 11 is 0. The van der Waals surface area contributed by atoms with Crippen molar-refractivity contribution in [1.29, 1.82) is 0 Å². The van der Waals surface area contributed by atoms with Gasteiger partial charge in [-0.25, -0.2) is 4.99 Å². The lowest BCUT2D eigenvalue weighted by atomic mass is 9.86. The van der Waals surface area contributed by atoms with Gasteiger partial charge in [0.25, 0.3) is 11.9 Å². The topological polar surface area (TPSA) is 118 Å². The first kappa shape index (κ1) is 21.6. The van der Waals surface area contributed by atoms with Gasteiger partial charge in [-0.2, -0.15) is 14.8 Å². The first-order valence-corrected chi connectivity index (χ1v) is 10.9. The van der Waals surface area contributed by atoms with Crippen LogP contribution in [0.4, 0.5) is 5.82 Å². The van der Waals surface area contributed by atoms with Gasteiger partial charge in [0, 0.05) is 18.3 Å². The summed E-state index contributed by atoms with van der Waals surface area (Å²) in [4.78, 5) is 45.7. The second kappa shape index (κ2) is 9.67. The number of carbonyl (C=O) groups excluding carboxylic acids is 3. The Balaban J connectivity index is 1.37. The Bertz CT molecular complexity index is 1090. The van der Waals surface area contributed by atoms with Gasteiger partial charge in [0.05, 0.1) is 11.6 Å². The number of nitrogens with zero attached hydrogens (tertiary/aromatic N) is 4. The van der Waals surface area contributed by atoms with Crippen LogP contribution in [0.3, 0.4) is 0 Å². The predicted octanol–water partition coefficient (Wildman–Crippen LogP) is 2.25. The molecule has 1 fully saturated rings. The van der Waals surface area contributed by atoms with Gasteiger partial charge in [-0.1, -0.05) is 36.8 Å². The van der Waals surface area contributed by atoms with Crippen LogP contribution in [-0.2, 0) is 20.8 Å². The Morgan fingerprint density at radius 1 is 1.12 bits per heavy atom. The Labute approximate surface area is 186 Å². The fourth-order valence-electron chi connectivity index (χ4n) is 3.95. The SMILES string of the molecule is Cc1cc(NC(=O)C(=O)NCCCc2ccccc2)n(C2=NC(=O)C3CCCCC3=N2)n1. The summed E-state index contributed by atoms with van der Waals surface area (Å²) < 4.78 is 1.31. The van der Waals surface area contributed by atoms with E-state index < -0.39 is 11.8 Å². The number of aromatic nitrogens is 2. The summed E-state index contributed by atoms with van der Waals surface area (Å²) in [6.45, 7) is 2.13. The molecule has 3 amide bonds. The number of nitrogens with one attached hydrogen (secondary N) is 2. The summed E-state index contributed by atoms with van der Waals surface area (Å²) in [6.07, 6.45) is 5.02. The number of rotatable bonds is 5. The first-order valence-electron chi connectivity index (χ1n) is 10.9. The number of hydrogen-bond acceptors (Lipinski definition) is 5. The van der Waals surface area contributed by atoms with Gasteiger partial charge in [0.1, 0.15) is 5.82 Å². The molecule has 2 heterocycles. The first-order chi connectivity index (χ1) is 15.5. The quantitative estimate of drug-likeness (QED) is 0.554. The van der Waals surface area contributed by atoms with Crippen molar-refractivity contribution in [2.24, 2.45) is 15.9 Å². The molecule has 0 saturated heterocycles. The van der Waals surface area contributed by atoms with Gasteiger partial charge < -0.3 is 10.6 Å². The van der Waals surface area contributed by atoms with Crippen LogP contribution in [-0.4, -0.2) is 45.7 Å². The minimum Gasteiger partial charge on any atom is -0.348 e. The Hall–Kier alpha value is -3.62. The van der Waals surface area contributed by atoms with E-state index in [0.29, 0.717) is 12.2 Å². The minimum atomic E-state index is -0.809. The van der Waals surface area contributed by atoms with E-state index in [1.807, 2.05) is 30.3 Å². The summed E-state index contributed by atoms with van der Waals surface area (Å²) in [5.74, 6) is -1.65. The number of aryl methyl sites for hydroxylation is 2. The van der Waals surface area contributed by atoms with Crippen molar-refractivity contribution in [2.75, 3.05) is 11.9 Å². The monoisotopic (exact) mass is 434 g/mol. The van der Waals surface area contributed by atoms with Crippen LogP contribution in [0, 0.1) is 12.8 Å². The molecule has 9 nitrogen and oxygen atoms in total. The molecular formula is C23H26N6O3. The van der Waals surface area contributed by atoms with Crippen LogP contribution in [0.25, 0.3) is 0 Å². The van der Waals surface area contributed by atoms with Crippen molar-refractivity contribution in [3.63, 3.8) is 0 Å². The standard InChI is InChI=1S/C23H26N6O3/c1-15-14-19(26-22(32)21(31)24-13-7-10-16-8-3-2-4-9-16)29(28-15)23-25-18-12-6-5-11-17(18)20(30)27-23/h2-4,8-9,14,17H,5-7,10-13H2,1H3,(H,24,31)(H,26,32). The van der Waals surface area contributed by atoms with Crippen molar-refractivity contribution in [1.82, 2.24) is 15.1 Å². The minimum absolute atomic E-state index is 0.120. The molecule has 2 aliphatic rings. The van der Waals surface area contributed by atoms with E-state index in [9.17, 15) is 14.4 Å². The molecule has 166 valence electrons. The third-order valence-corrected chi connectivity index (χ3v) is 5.57. The zero-order valence-corrected chi connectivity index (χ0v) is 18.0. The Morgan fingerprint density at radius 3 is 2.75 bits per heavy atom. The highest BCUT2D eigenvalue weighted by Crippen LogP contribution is 2.26. The number of anilines is 1. The molecule has 1 aliphatic heterocycles. The van der Waals surface area contributed by atoms with Crippen LogP contribution in [0.1, 0.15) is 43.4 Å². The van der Waals surface area contributed by atoms with Crippen molar-refractivity contribution in [3.05, 3.63) is 47.7 Å². The van der Waals surface area contributed by atoms with Gasteiger partial charge >= 0.3 is 11.8 Å². The average Bonchev–Trinajstić information content (AvgIpc) is 3.17.